The standard InChI is InChI=1S/C34H48N4O7/c1-22(2)18-24-21-45-28-13-9-8-12-25(28)32(40)36-27(20-31(39)35-26(19-23(3)4)34(42)38(24)6)33(41)37(5)16-17-44-30-15-11-10-14-29(30)43-7/h8-15,22-24,26-27H,16-21H2,1-7H3,(H,35,39)(H,36,40)/t24-,26-,27-/m0/s1. The van der Waals surface area contributed by atoms with Crippen LogP contribution < -0.4 is 24.8 Å². The molecule has 2 aromatic rings. The zero-order valence-electron chi connectivity index (χ0n) is 27.5. The summed E-state index contributed by atoms with van der Waals surface area (Å²) in [5.74, 6) is 0.0478. The van der Waals surface area contributed by atoms with E-state index in [9.17, 15) is 19.2 Å². The maximum absolute atomic E-state index is 13.8. The van der Waals surface area contributed by atoms with Gasteiger partial charge >= 0.3 is 0 Å². The second kappa shape index (κ2) is 16.7. The van der Waals surface area contributed by atoms with Crippen LogP contribution in [0.1, 0.15) is 57.3 Å². The van der Waals surface area contributed by atoms with Crippen LogP contribution in [-0.4, -0.2) is 92.5 Å². The van der Waals surface area contributed by atoms with Crippen LogP contribution in [0.25, 0.3) is 0 Å². The van der Waals surface area contributed by atoms with Crippen molar-refractivity contribution < 1.29 is 33.4 Å². The minimum atomic E-state index is -1.20. The average molecular weight is 625 g/mol. The molecule has 0 fully saturated rings. The van der Waals surface area contributed by atoms with Gasteiger partial charge in [0.15, 0.2) is 11.5 Å². The predicted molar refractivity (Wildman–Crippen MR) is 171 cm³/mol. The zero-order valence-corrected chi connectivity index (χ0v) is 27.5. The van der Waals surface area contributed by atoms with Gasteiger partial charge in [-0.2, -0.15) is 0 Å². The SMILES string of the molecule is COc1ccccc1OCCN(C)C(=O)[C@@H]1CC(=O)N[C@@H](CC(C)C)C(=O)N(C)[C@@H](CC(C)C)COc2ccccc2C(=O)N1. The molecule has 0 radical (unpaired) electrons. The third-order valence-corrected chi connectivity index (χ3v) is 7.66. The number of fused-ring (bicyclic) bond motifs is 1. The molecule has 3 rings (SSSR count). The molecule has 0 aliphatic carbocycles. The number of hydrogen-bond donors (Lipinski definition) is 2. The second-order valence-corrected chi connectivity index (χ2v) is 12.3. The Morgan fingerprint density at radius 2 is 1.62 bits per heavy atom. The molecule has 0 bridgehead atoms. The highest BCUT2D eigenvalue weighted by molar-refractivity contribution is 6.01. The molecule has 45 heavy (non-hydrogen) atoms. The summed E-state index contributed by atoms with van der Waals surface area (Å²) in [6, 6.07) is 11.6. The van der Waals surface area contributed by atoms with E-state index in [-0.39, 0.29) is 55.5 Å². The van der Waals surface area contributed by atoms with Crippen LogP contribution in [-0.2, 0) is 14.4 Å². The normalized spacial score (nSPS) is 19.6. The Bertz CT molecular complexity index is 1310. The molecule has 2 N–H and O–H groups in total. The van der Waals surface area contributed by atoms with E-state index in [0.29, 0.717) is 30.1 Å². The number of rotatable bonds is 10. The van der Waals surface area contributed by atoms with Gasteiger partial charge in [0.25, 0.3) is 5.91 Å². The predicted octanol–water partition coefficient (Wildman–Crippen LogP) is 3.52. The highest BCUT2D eigenvalue weighted by Crippen LogP contribution is 2.26. The van der Waals surface area contributed by atoms with Gasteiger partial charge in [-0.25, -0.2) is 0 Å². The summed E-state index contributed by atoms with van der Waals surface area (Å²) in [7, 11) is 4.84. The van der Waals surface area contributed by atoms with Crippen molar-refractivity contribution in [1.29, 1.82) is 0 Å². The van der Waals surface area contributed by atoms with Gasteiger partial charge in [0.1, 0.15) is 31.0 Å². The Labute approximate surface area is 266 Å². The van der Waals surface area contributed by atoms with Crippen molar-refractivity contribution in [2.24, 2.45) is 11.8 Å². The molecule has 0 saturated heterocycles. The third-order valence-electron chi connectivity index (χ3n) is 7.66. The summed E-state index contributed by atoms with van der Waals surface area (Å²) in [6.07, 6.45) is 0.729. The van der Waals surface area contributed by atoms with Crippen LogP contribution in [0.3, 0.4) is 0 Å². The quantitative estimate of drug-likeness (QED) is 0.414. The third kappa shape index (κ3) is 10.1. The van der Waals surface area contributed by atoms with Gasteiger partial charge < -0.3 is 34.6 Å². The smallest absolute Gasteiger partial charge is 0.255 e. The highest BCUT2D eigenvalue weighted by Gasteiger charge is 2.33. The first-order valence-corrected chi connectivity index (χ1v) is 15.5. The lowest BCUT2D eigenvalue weighted by Gasteiger charge is -2.34. The second-order valence-electron chi connectivity index (χ2n) is 12.3. The molecule has 11 heteroatoms. The van der Waals surface area contributed by atoms with E-state index in [4.69, 9.17) is 14.2 Å². The molecule has 2 aromatic carbocycles. The molecule has 1 heterocycles. The average Bonchev–Trinajstić information content (AvgIpc) is 3.00. The summed E-state index contributed by atoms with van der Waals surface area (Å²) in [4.78, 5) is 57.5. The van der Waals surface area contributed by atoms with Gasteiger partial charge in [0, 0.05) is 14.1 Å². The van der Waals surface area contributed by atoms with Gasteiger partial charge in [0.05, 0.1) is 31.7 Å². The van der Waals surface area contributed by atoms with Crippen LogP contribution in [0, 0.1) is 11.8 Å². The van der Waals surface area contributed by atoms with Crippen LogP contribution in [0.5, 0.6) is 17.2 Å². The number of amides is 4. The Morgan fingerprint density at radius 3 is 2.29 bits per heavy atom. The molecule has 3 atom stereocenters. The lowest BCUT2D eigenvalue weighted by Crippen LogP contribution is -2.55. The summed E-state index contributed by atoms with van der Waals surface area (Å²) in [5.41, 5.74) is 0.227. The first-order chi connectivity index (χ1) is 21.4. The number of ether oxygens (including phenoxy) is 3. The fourth-order valence-electron chi connectivity index (χ4n) is 5.25. The lowest BCUT2D eigenvalue weighted by molar-refractivity contribution is -0.139. The number of methoxy groups -OCH3 is 1. The highest BCUT2D eigenvalue weighted by atomic mass is 16.5. The van der Waals surface area contributed by atoms with Crippen LogP contribution >= 0.6 is 0 Å². The number of carbonyl (C=O) groups excluding carboxylic acids is 4. The molecule has 0 spiro atoms. The van der Waals surface area contributed by atoms with Crippen molar-refractivity contribution in [1.82, 2.24) is 20.4 Å². The van der Waals surface area contributed by atoms with Crippen molar-refractivity contribution in [3.63, 3.8) is 0 Å². The van der Waals surface area contributed by atoms with Crippen molar-refractivity contribution in [2.75, 3.05) is 41.0 Å². The van der Waals surface area contributed by atoms with E-state index in [1.54, 1.807) is 62.5 Å². The number of likely N-dealkylation sites (N-methyl/N-ethyl adjacent to an activating group) is 2. The number of carbonyl (C=O) groups is 4. The van der Waals surface area contributed by atoms with E-state index in [0.717, 1.165) is 0 Å². The number of benzene rings is 2. The van der Waals surface area contributed by atoms with Crippen LogP contribution in [0.2, 0.25) is 0 Å². The Balaban J connectivity index is 1.89. The molecule has 1 aliphatic heterocycles. The molecular formula is C34H48N4O7. The first-order valence-electron chi connectivity index (χ1n) is 15.5. The van der Waals surface area contributed by atoms with E-state index < -0.39 is 29.8 Å². The zero-order chi connectivity index (χ0) is 33.1. The summed E-state index contributed by atoms with van der Waals surface area (Å²) in [6.45, 7) is 8.58. The van der Waals surface area contributed by atoms with Crippen LogP contribution in [0.4, 0.5) is 0 Å². The molecule has 1 aliphatic rings. The maximum Gasteiger partial charge on any atom is 0.255 e. The monoisotopic (exact) mass is 624 g/mol. The number of nitrogens with one attached hydrogen (secondary N) is 2. The van der Waals surface area contributed by atoms with Gasteiger partial charge in [0.2, 0.25) is 17.7 Å². The molecule has 0 unspecified atom stereocenters. The van der Waals surface area contributed by atoms with Crippen molar-refractivity contribution >= 4 is 23.6 Å². The molecule has 246 valence electrons. The summed E-state index contributed by atoms with van der Waals surface area (Å²) < 4.78 is 17.3. The van der Waals surface area contributed by atoms with E-state index in [1.165, 1.54) is 4.90 Å². The minimum Gasteiger partial charge on any atom is -0.493 e. The fourth-order valence-corrected chi connectivity index (χ4v) is 5.25. The Kier molecular flexibility index (Phi) is 13.1. The summed E-state index contributed by atoms with van der Waals surface area (Å²) in [5, 5.41) is 5.62. The molecular weight excluding hydrogens is 576 g/mol. The van der Waals surface area contributed by atoms with Crippen LogP contribution in [0.15, 0.2) is 48.5 Å². The van der Waals surface area contributed by atoms with Crippen molar-refractivity contribution in [2.45, 2.75) is 65.1 Å². The molecule has 0 aromatic heterocycles. The van der Waals surface area contributed by atoms with E-state index in [1.807, 2.05) is 26.0 Å². The number of hydrogen-bond acceptors (Lipinski definition) is 7. The van der Waals surface area contributed by atoms with Gasteiger partial charge in [-0.1, -0.05) is 52.0 Å². The number of nitrogens with zero attached hydrogens (tertiary/aromatic N) is 2. The minimum absolute atomic E-state index is 0.115. The van der Waals surface area contributed by atoms with E-state index >= 15 is 0 Å². The number of para-hydroxylation sites is 3. The fraction of sp³-hybridized carbons (Fsp3) is 0.529. The molecule has 0 saturated carbocycles. The molecule has 11 nitrogen and oxygen atoms in total. The van der Waals surface area contributed by atoms with Crippen molar-refractivity contribution in [3.8, 4) is 17.2 Å². The Hall–Kier alpha value is -4.28. The topological polar surface area (TPSA) is 127 Å². The van der Waals surface area contributed by atoms with Gasteiger partial charge in [-0.15, -0.1) is 0 Å². The Morgan fingerprint density at radius 1 is 0.978 bits per heavy atom. The largest absolute Gasteiger partial charge is 0.493 e. The maximum atomic E-state index is 13.8. The molecule has 4 amide bonds. The lowest BCUT2D eigenvalue weighted by atomic mass is 9.99. The van der Waals surface area contributed by atoms with Gasteiger partial charge in [-0.3, -0.25) is 19.2 Å². The first kappa shape index (κ1) is 35.2. The van der Waals surface area contributed by atoms with Gasteiger partial charge in [-0.05, 0) is 48.9 Å². The van der Waals surface area contributed by atoms with Crippen molar-refractivity contribution in [3.05, 3.63) is 54.1 Å². The van der Waals surface area contributed by atoms with E-state index in [2.05, 4.69) is 24.5 Å². The summed E-state index contributed by atoms with van der Waals surface area (Å²) >= 11 is 0.